The fourth-order valence-electron chi connectivity index (χ4n) is 0.293. The molecule has 30 valence electrons. The highest BCUT2D eigenvalue weighted by molar-refractivity contribution is 8.07. The third kappa shape index (κ3) is 0.596. The molecule has 0 aromatic carbocycles. The molecule has 0 aromatic rings. The molecule has 1 saturated heterocycles. The molecule has 0 saturated carbocycles. The molecular formula is C4H8S. The Morgan fingerprint density at radius 1 is 1.20 bits per heavy atom. The molecule has 0 amide bonds. The lowest BCUT2D eigenvalue weighted by Crippen LogP contribution is -1.74. The second kappa shape index (κ2) is 0.904. The van der Waals surface area contributed by atoms with Crippen LogP contribution in [-0.2, 0) is 0 Å². The van der Waals surface area contributed by atoms with Gasteiger partial charge in [-0.05, 0) is 0 Å². The molecule has 0 radical (unpaired) electrons. The van der Waals surface area contributed by atoms with Crippen molar-refractivity contribution in [1.29, 1.82) is 0 Å². The summed E-state index contributed by atoms with van der Waals surface area (Å²) >= 11 is 2.05. The van der Waals surface area contributed by atoms with E-state index < -0.39 is 0 Å². The van der Waals surface area contributed by atoms with Gasteiger partial charge in [0.05, 0.1) is 0 Å². The Morgan fingerprint density at radius 2 is 1.40 bits per heavy atom. The standard InChI is InChI=1S/C4H8S/c1-3-4(2)5-3/h3-4H,1-2H3/t3-,4-/m1/s1. The Labute approximate surface area is 37.0 Å². The summed E-state index contributed by atoms with van der Waals surface area (Å²) < 4.78 is 0. The third-order valence-corrected chi connectivity index (χ3v) is 2.37. The lowest BCUT2D eigenvalue weighted by molar-refractivity contribution is 1.05. The van der Waals surface area contributed by atoms with Gasteiger partial charge in [0.2, 0.25) is 0 Å². The monoisotopic (exact) mass is 88.0 g/mol. The Balaban J connectivity index is 2.20. The minimum absolute atomic E-state index is 0.968. The van der Waals surface area contributed by atoms with Crippen LogP contribution in [0.25, 0.3) is 0 Å². The van der Waals surface area contributed by atoms with Gasteiger partial charge in [-0.25, -0.2) is 0 Å². The van der Waals surface area contributed by atoms with Crippen LogP contribution < -0.4 is 0 Å². The zero-order chi connectivity index (χ0) is 3.86. The molecule has 2 atom stereocenters. The topological polar surface area (TPSA) is 0 Å². The molecule has 0 unspecified atom stereocenters. The Morgan fingerprint density at radius 3 is 1.40 bits per heavy atom. The maximum Gasteiger partial charge on any atom is 0.0138 e. The normalized spacial score (nSPS) is 49.2. The minimum atomic E-state index is 0.968. The maximum atomic E-state index is 2.26. The Kier molecular flexibility index (Phi) is 0.639. The van der Waals surface area contributed by atoms with E-state index in [9.17, 15) is 0 Å². The summed E-state index contributed by atoms with van der Waals surface area (Å²) in [6, 6.07) is 0. The lowest BCUT2D eigenvalue weighted by Gasteiger charge is -1.62. The van der Waals surface area contributed by atoms with E-state index in [4.69, 9.17) is 0 Å². The second-order valence-corrected chi connectivity index (χ2v) is 3.31. The van der Waals surface area contributed by atoms with Gasteiger partial charge in [-0.3, -0.25) is 0 Å². The van der Waals surface area contributed by atoms with E-state index >= 15 is 0 Å². The summed E-state index contributed by atoms with van der Waals surface area (Å²) in [7, 11) is 0. The summed E-state index contributed by atoms with van der Waals surface area (Å²) in [5.41, 5.74) is 0. The first-order valence-electron chi connectivity index (χ1n) is 1.96. The second-order valence-electron chi connectivity index (χ2n) is 1.55. The highest BCUT2D eigenvalue weighted by Gasteiger charge is 2.27. The van der Waals surface area contributed by atoms with Gasteiger partial charge < -0.3 is 0 Å². The van der Waals surface area contributed by atoms with Crippen LogP contribution in [0.5, 0.6) is 0 Å². The van der Waals surface area contributed by atoms with Crippen molar-refractivity contribution in [2.24, 2.45) is 0 Å². The van der Waals surface area contributed by atoms with Gasteiger partial charge in [0, 0.05) is 10.5 Å². The molecule has 1 heteroatoms. The predicted molar refractivity (Wildman–Crippen MR) is 26.5 cm³/mol. The van der Waals surface area contributed by atoms with Crippen LogP contribution in [0.4, 0.5) is 0 Å². The molecule has 0 aromatic heterocycles. The average Bonchev–Trinajstić information content (AvgIpc) is 1.79. The molecule has 1 aliphatic rings. The van der Waals surface area contributed by atoms with Crippen LogP contribution in [0.3, 0.4) is 0 Å². The third-order valence-electron chi connectivity index (χ3n) is 1.01. The molecule has 1 rings (SSSR count). The van der Waals surface area contributed by atoms with Crippen molar-refractivity contribution < 1.29 is 0 Å². The first-order valence-corrected chi connectivity index (χ1v) is 2.90. The lowest BCUT2D eigenvalue weighted by atomic mass is 10.4. The fourth-order valence-corrected chi connectivity index (χ4v) is 0.880. The maximum absolute atomic E-state index is 2.26. The van der Waals surface area contributed by atoms with E-state index in [1.165, 1.54) is 0 Å². The summed E-state index contributed by atoms with van der Waals surface area (Å²) in [6.45, 7) is 4.52. The predicted octanol–water partition coefficient (Wildman–Crippen LogP) is 1.51. The van der Waals surface area contributed by atoms with E-state index in [1.54, 1.807) is 0 Å². The van der Waals surface area contributed by atoms with Crippen molar-refractivity contribution in [1.82, 2.24) is 0 Å². The number of hydrogen-bond donors (Lipinski definition) is 0. The van der Waals surface area contributed by atoms with Crippen LogP contribution in [0.1, 0.15) is 13.8 Å². The van der Waals surface area contributed by atoms with Crippen LogP contribution >= 0.6 is 11.8 Å². The zero-order valence-electron chi connectivity index (χ0n) is 3.56. The molecule has 0 N–H and O–H groups in total. The van der Waals surface area contributed by atoms with Gasteiger partial charge in [0.15, 0.2) is 0 Å². The van der Waals surface area contributed by atoms with Gasteiger partial charge in [-0.2, -0.15) is 11.8 Å². The van der Waals surface area contributed by atoms with Crippen LogP contribution in [0.2, 0.25) is 0 Å². The molecule has 5 heavy (non-hydrogen) atoms. The molecule has 0 nitrogen and oxygen atoms in total. The highest BCUT2D eigenvalue weighted by atomic mass is 32.2. The van der Waals surface area contributed by atoms with E-state index in [0.29, 0.717) is 0 Å². The van der Waals surface area contributed by atoms with Crippen molar-refractivity contribution in [3.8, 4) is 0 Å². The van der Waals surface area contributed by atoms with Crippen molar-refractivity contribution in [2.75, 3.05) is 0 Å². The molecule has 1 aliphatic heterocycles. The van der Waals surface area contributed by atoms with Crippen LogP contribution in [0.15, 0.2) is 0 Å². The summed E-state index contributed by atoms with van der Waals surface area (Å²) in [5.74, 6) is 0. The van der Waals surface area contributed by atoms with E-state index in [0.717, 1.165) is 10.5 Å². The summed E-state index contributed by atoms with van der Waals surface area (Å²) in [5, 5.41) is 1.94. The van der Waals surface area contributed by atoms with Crippen LogP contribution in [-0.4, -0.2) is 10.5 Å². The number of hydrogen-bond acceptors (Lipinski definition) is 1. The first-order chi connectivity index (χ1) is 2.30. The Bertz CT molecular complexity index is 36.9. The van der Waals surface area contributed by atoms with E-state index in [-0.39, 0.29) is 0 Å². The smallest absolute Gasteiger partial charge is 0.0138 e. The van der Waals surface area contributed by atoms with Crippen molar-refractivity contribution in [2.45, 2.75) is 24.3 Å². The molecular weight excluding hydrogens is 80.1 g/mol. The van der Waals surface area contributed by atoms with Crippen LogP contribution in [0, 0.1) is 0 Å². The SMILES string of the molecule is C[C@H]1S[C@@H]1C. The van der Waals surface area contributed by atoms with E-state index in [2.05, 4.69) is 13.8 Å². The molecule has 1 fully saturated rings. The quantitative estimate of drug-likeness (QED) is 0.404. The van der Waals surface area contributed by atoms with Gasteiger partial charge >= 0.3 is 0 Å². The minimum Gasteiger partial charge on any atom is -0.153 e. The molecule has 0 aliphatic carbocycles. The number of rotatable bonds is 0. The van der Waals surface area contributed by atoms with Gasteiger partial charge in [-0.1, -0.05) is 13.8 Å². The van der Waals surface area contributed by atoms with E-state index in [1.807, 2.05) is 11.8 Å². The van der Waals surface area contributed by atoms with Crippen molar-refractivity contribution >= 4 is 11.8 Å². The zero-order valence-corrected chi connectivity index (χ0v) is 4.38. The summed E-state index contributed by atoms with van der Waals surface area (Å²) in [6.07, 6.45) is 0. The van der Waals surface area contributed by atoms with Gasteiger partial charge in [0.25, 0.3) is 0 Å². The molecule has 0 spiro atoms. The number of thioether (sulfide) groups is 1. The highest BCUT2D eigenvalue weighted by Crippen LogP contribution is 2.39. The van der Waals surface area contributed by atoms with Gasteiger partial charge in [-0.15, -0.1) is 0 Å². The van der Waals surface area contributed by atoms with Crippen molar-refractivity contribution in [3.63, 3.8) is 0 Å². The average molecular weight is 88.2 g/mol. The van der Waals surface area contributed by atoms with Crippen molar-refractivity contribution in [3.05, 3.63) is 0 Å². The Hall–Kier alpha value is 0.350. The summed E-state index contributed by atoms with van der Waals surface area (Å²) in [4.78, 5) is 0. The first kappa shape index (κ1) is 3.54. The van der Waals surface area contributed by atoms with Gasteiger partial charge in [0.1, 0.15) is 0 Å². The molecule has 1 heterocycles. The molecule has 0 bridgehead atoms. The fraction of sp³-hybridized carbons (Fsp3) is 1.00. The largest absolute Gasteiger partial charge is 0.153 e.